The van der Waals surface area contributed by atoms with E-state index in [2.05, 4.69) is 20.9 Å². The summed E-state index contributed by atoms with van der Waals surface area (Å²) in [6.07, 6.45) is -2.22. The van der Waals surface area contributed by atoms with Gasteiger partial charge in [0.1, 0.15) is 11.5 Å². The van der Waals surface area contributed by atoms with Crippen LogP contribution in [0.1, 0.15) is 16.1 Å². The van der Waals surface area contributed by atoms with Crippen molar-refractivity contribution in [2.75, 3.05) is 0 Å². The lowest BCUT2D eigenvalue weighted by Crippen LogP contribution is -2.15. The average Bonchev–Trinajstić information content (AvgIpc) is 2.70. The van der Waals surface area contributed by atoms with Crippen molar-refractivity contribution >= 4 is 21.9 Å². The van der Waals surface area contributed by atoms with Crippen LogP contribution < -0.4 is 0 Å². The first-order valence-electron chi connectivity index (χ1n) is 4.94. The van der Waals surface area contributed by atoms with E-state index >= 15 is 0 Å². The van der Waals surface area contributed by atoms with E-state index in [0.29, 0.717) is 4.47 Å². The minimum absolute atomic E-state index is 0.309. The Morgan fingerprint density at radius 3 is 2.68 bits per heavy atom. The number of hydrogen-bond donors (Lipinski definition) is 1. The highest BCUT2D eigenvalue weighted by Crippen LogP contribution is 2.33. The Balaban J connectivity index is 2.70. The fraction of sp³-hybridized carbons (Fsp3) is 0.0909. The summed E-state index contributed by atoms with van der Waals surface area (Å²) >= 11 is 3.03. The van der Waals surface area contributed by atoms with Crippen LogP contribution in [0.25, 0.3) is 5.82 Å². The molecule has 0 fully saturated rings. The molecule has 100 valence electrons. The van der Waals surface area contributed by atoms with E-state index in [1.165, 1.54) is 18.5 Å². The molecular formula is C11H6BrF3N2O2. The van der Waals surface area contributed by atoms with Gasteiger partial charge < -0.3 is 5.11 Å². The summed E-state index contributed by atoms with van der Waals surface area (Å²) in [5.41, 5.74) is -1.31. The van der Waals surface area contributed by atoms with Gasteiger partial charge in [0.05, 0.1) is 5.56 Å². The lowest BCUT2D eigenvalue weighted by molar-refractivity contribution is -0.137. The molecule has 0 bridgehead atoms. The molecule has 1 N–H and O–H groups in total. The van der Waals surface area contributed by atoms with Crippen molar-refractivity contribution in [3.63, 3.8) is 0 Å². The van der Waals surface area contributed by atoms with Crippen LogP contribution in [0.3, 0.4) is 0 Å². The van der Waals surface area contributed by atoms with Crippen LogP contribution in [0.5, 0.6) is 0 Å². The summed E-state index contributed by atoms with van der Waals surface area (Å²) < 4.78 is 39.8. The highest BCUT2D eigenvalue weighted by molar-refractivity contribution is 9.10. The van der Waals surface area contributed by atoms with Gasteiger partial charge in [-0.3, -0.25) is 4.57 Å². The molecular weight excluding hydrogens is 329 g/mol. The van der Waals surface area contributed by atoms with Crippen LogP contribution >= 0.6 is 15.9 Å². The van der Waals surface area contributed by atoms with Crippen LogP contribution in [0, 0.1) is 0 Å². The van der Waals surface area contributed by atoms with Gasteiger partial charge >= 0.3 is 12.1 Å². The SMILES string of the molecule is O=C(O)c1cc(Br)cn1-c1ncccc1C(F)(F)F. The quantitative estimate of drug-likeness (QED) is 0.916. The molecule has 0 aromatic carbocycles. The number of hydrogen-bond acceptors (Lipinski definition) is 2. The zero-order valence-corrected chi connectivity index (χ0v) is 10.7. The highest BCUT2D eigenvalue weighted by atomic mass is 79.9. The third-order valence-electron chi connectivity index (χ3n) is 2.33. The van der Waals surface area contributed by atoms with E-state index in [1.54, 1.807) is 0 Å². The van der Waals surface area contributed by atoms with Gasteiger partial charge in [0.25, 0.3) is 0 Å². The van der Waals surface area contributed by atoms with E-state index in [-0.39, 0.29) is 5.69 Å². The number of aromatic nitrogens is 2. The first-order chi connectivity index (χ1) is 8.80. The van der Waals surface area contributed by atoms with Crippen LogP contribution in [-0.2, 0) is 6.18 Å². The van der Waals surface area contributed by atoms with Crippen molar-refractivity contribution in [2.45, 2.75) is 6.18 Å². The summed E-state index contributed by atoms with van der Waals surface area (Å²) in [4.78, 5) is 14.6. The Kier molecular flexibility index (Phi) is 3.36. The first kappa shape index (κ1) is 13.6. The fourth-order valence-corrected chi connectivity index (χ4v) is 2.00. The summed E-state index contributed by atoms with van der Waals surface area (Å²) in [6.45, 7) is 0. The van der Waals surface area contributed by atoms with E-state index in [0.717, 1.165) is 16.7 Å². The molecule has 0 saturated carbocycles. The molecule has 2 aromatic heterocycles. The summed E-state index contributed by atoms with van der Waals surface area (Å²) in [5, 5.41) is 8.98. The van der Waals surface area contributed by atoms with Gasteiger partial charge in [-0.05, 0) is 34.1 Å². The molecule has 0 radical (unpaired) electrons. The maximum Gasteiger partial charge on any atom is 0.419 e. The molecule has 4 nitrogen and oxygen atoms in total. The molecule has 2 aromatic rings. The third kappa shape index (κ3) is 2.62. The van der Waals surface area contributed by atoms with Crippen molar-refractivity contribution in [1.29, 1.82) is 0 Å². The zero-order valence-electron chi connectivity index (χ0n) is 9.15. The molecule has 8 heteroatoms. The molecule has 0 atom stereocenters. The van der Waals surface area contributed by atoms with Crippen LogP contribution in [-0.4, -0.2) is 20.6 Å². The molecule has 0 aliphatic rings. The Morgan fingerprint density at radius 2 is 2.11 bits per heavy atom. The van der Waals surface area contributed by atoms with Crippen LogP contribution in [0.2, 0.25) is 0 Å². The molecule has 2 heterocycles. The Hall–Kier alpha value is -1.83. The fourth-order valence-electron chi connectivity index (χ4n) is 1.58. The van der Waals surface area contributed by atoms with Crippen molar-refractivity contribution in [2.24, 2.45) is 0 Å². The van der Waals surface area contributed by atoms with Gasteiger partial charge in [-0.15, -0.1) is 0 Å². The maximum atomic E-state index is 12.9. The van der Waals surface area contributed by atoms with Crippen molar-refractivity contribution < 1.29 is 23.1 Å². The van der Waals surface area contributed by atoms with Gasteiger partial charge in [0.2, 0.25) is 0 Å². The van der Waals surface area contributed by atoms with Crippen LogP contribution in [0.15, 0.2) is 35.1 Å². The lowest BCUT2D eigenvalue weighted by atomic mass is 10.2. The van der Waals surface area contributed by atoms with Crippen molar-refractivity contribution in [3.05, 3.63) is 46.3 Å². The monoisotopic (exact) mass is 334 g/mol. The summed E-state index contributed by atoms with van der Waals surface area (Å²) in [5.74, 6) is -1.82. The minimum Gasteiger partial charge on any atom is -0.477 e. The molecule has 0 amide bonds. The van der Waals surface area contributed by atoms with E-state index in [1.807, 2.05) is 0 Å². The van der Waals surface area contributed by atoms with Crippen molar-refractivity contribution in [3.8, 4) is 5.82 Å². The highest BCUT2D eigenvalue weighted by Gasteiger charge is 2.35. The molecule has 0 aliphatic heterocycles. The maximum absolute atomic E-state index is 12.9. The number of alkyl halides is 3. The zero-order chi connectivity index (χ0) is 14.2. The second kappa shape index (κ2) is 4.69. The molecule has 0 aliphatic carbocycles. The topological polar surface area (TPSA) is 55.1 Å². The molecule has 0 unspecified atom stereocenters. The number of carboxylic acid groups (broad SMARTS) is 1. The predicted octanol–water partition coefficient (Wildman–Crippen LogP) is 3.35. The molecule has 0 saturated heterocycles. The summed E-state index contributed by atoms with van der Waals surface area (Å²) in [7, 11) is 0. The van der Waals surface area contributed by atoms with Gasteiger partial charge in [0, 0.05) is 16.9 Å². The van der Waals surface area contributed by atoms with Crippen molar-refractivity contribution in [1.82, 2.24) is 9.55 Å². The second-order valence-corrected chi connectivity index (χ2v) is 4.51. The third-order valence-corrected chi connectivity index (χ3v) is 2.76. The van der Waals surface area contributed by atoms with E-state index < -0.39 is 23.5 Å². The van der Waals surface area contributed by atoms with Gasteiger partial charge in [0.15, 0.2) is 0 Å². The summed E-state index contributed by atoms with van der Waals surface area (Å²) in [6, 6.07) is 3.20. The Labute approximate surface area is 113 Å². The van der Waals surface area contributed by atoms with E-state index in [9.17, 15) is 18.0 Å². The lowest BCUT2D eigenvalue weighted by Gasteiger charge is -2.13. The number of carboxylic acids is 1. The number of nitrogens with zero attached hydrogens (tertiary/aromatic N) is 2. The van der Waals surface area contributed by atoms with E-state index in [4.69, 9.17) is 5.11 Å². The average molecular weight is 335 g/mol. The number of halogens is 4. The number of aromatic carboxylic acids is 1. The standard InChI is InChI=1S/C11H6BrF3N2O2/c12-6-4-8(10(18)19)17(5-6)9-7(11(13,14)15)2-1-3-16-9/h1-5H,(H,18,19). The van der Waals surface area contributed by atoms with Crippen LogP contribution in [0.4, 0.5) is 13.2 Å². The molecule has 2 rings (SSSR count). The minimum atomic E-state index is -4.61. The van der Waals surface area contributed by atoms with Gasteiger partial charge in [-0.25, -0.2) is 9.78 Å². The molecule has 0 spiro atoms. The smallest absolute Gasteiger partial charge is 0.419 e. The predicted molar refractivity (Wildman–Crippen MR) is 63.2 cm³/mol. The Bertz CT molecular complexity index is 637. The number of pyridine rings is 1. The Morgan fingerprint density at radius 1 is 1.42 bits per heavy atom. The largest absolute Gasteiger partial charge is 0.477 e. The van der Waals surface area contributed by atoms with Gasteiger partial charge in [-0.1, -0.05) is 0 Å². The molecule has 19 heavy (non-hydrogen) atoms. The van der Waals surface area contributed by atoms with Gasteiger partial charge in [-0.2, -0.15) is 13.2 Å². The second-order valence-electron chi connectivity index (χ2n) is 3.59. The normalized spacial score (nSPS) is 11.6. The number of carbonyl (C=O) groups is 1. The first-order valence-corrected chi connectivity index (χ1v) is 5.74. The number of rotatable bonds is 2.